The molecule has 3 saturated carbocycles. The van der Waals surface area contributed by atoms with E-state index in [0.717, 1.165) is 44.0 Å². The summed E-state index contributed by atoms with van der Waals surface area (Å²) in [7, 11) is 0. The third-order valence-corrected chi connectivity index (χ3v) is 7.54. The second-order valence-electron chi connectivity index (χ2n) is 8.28. The van der Waals surface area contributed by atoms with Crippen LogP contribution in [0.2, 0.25) is 0 Å². The molecule has 0 aromatic rings. The van der Waals surface area contributed by atoms with Crippen LogP contribution in [0.25, 0.3) is 0 Å². The summed E-state index contributed by atoms with van der Waals surface area (Å²) in [5.74, 6) is 1.03. The zero-order valence-corrected chi connectivity index (χ0v) is 13.6. The normalized spacial score (nSPS) is 49.0. The number of fused-ring (bicyclic) bond motifs is 5. The van der Waals surface area contributed by atoms with E-state index in [1.54, 1.807) is 0 Å². The minimum atomic E-state index is -1.05. The number of aldehydes is 1. The summed E-state index contributed by atoms with van der Waals surface area (Å²) in [5, 5.41) is 10.1. The van der Waals surface area contributed by atoms with E-state index in [4.69, 9.17) is 0 Å². The van der Waals surface area contributed by atoms with Crippen molar-refractivity contribution >= 4 is 17.9 Å². The van der Waals surface area contributed by atoms with E-state index < -0.39 is 11.5 Å². The smallest absolute Gasteiger partial charge is 0.184 e. The average molecular weight is 316 g/mol. The van der Waals surface area contributed by atoms with Crippen molar-refractivity contribution < 1.29 is 19.5 Å². The first-order valence-electron chi connectivity index (χ1n) is 8.85. The molecule has 4 aliphatic carbocycles. The Morgan fingerprint density at radius 3 is 2.70 bits per heavy atom. The van der Waals surface area contributed by atoms with E-state index in [9.17, 15) is 19.5 Å². The van der Waals surface area contributed by atoms with Crippen LogP contribution in [0.3, 0.4) is 0 Å². The van der Waals surface area contributed by atoms with E-state index in [1.807, 2.05) is 0 Å². The minimum absolute atomic E-state index is 0.173. The fourth-order valence-corrected chi connectivity index (χ4v) is 6.28. The maximum Gasteiger partial charge on any atom is 0.184 e. The summed E-state index contributed by atoms with van der Waals surface area (Å²) < 4.78 is 0. The first kappa shape index (κ1) is 15.3. The second kappa shape index (κ2) is 4.85. The van der Waals surface area contributed by atoms with Gasteiger partial charge in [0.1, 0.15) is 18.2 Å². The molecule has 124 valence electrons. The molecule has 0 aromatic carbocycles. The lowest BCUT2D eigenvalue weighted by molar-refractivity contribution is -0.139. The number of hydrogen-bond donors (Lipinski definition) is 1. The fraction of sp³-hybridized carbons (Fsp3) is 0.737. The quantitative estimate of drug-likeness (QED) is 0.753. The summed E-state index contributed by atoms with van der Waals surface area (Å²) in [6.45, 7) is 2.11. The summed E-state index contributed by atoms with van der Waals surface area (Å²) >= 11 is 0. The predicted molar refractivity (Wildman–Crippen MR) is 83.5 cm³/mol. The molecule has 3 fully saturated rings. The van der Waals surface area contributed by atoms with Crippen molar-refractivity contribution in [2.75, 3.05) is 0 Å². The number of aliphatic hydroxyl groups excluding tert-OH is 1. The number of carbonyl (C=O) groups excluding carboxylic acids is 3. The summed E-state index contributed by atoms with van der Waals surface area (Å²) in [4.78, 5) is 36.4. The van der Waals surface area contributed by atoms with Crippen LogP contribution in [0.4, 0.5) is 0 Å². The van der Waals surface area contributed by atoms with Gasteiger partial charge in [-0.05, 0) is 62.4 Å². The number of Topliss-reactive ketones (excluding diaryl/α,β-unsaturated/α-hetero) is 1. The first-order valence-corrected chi connectivity index (χ1v) is 8.85. The molecule has 4 aliphatic rings. The lowest BCUT2D eigenvalue weighted by Gasteiger charge is -2.56. The molecule has 0 bridgehead atoms. The molecule has 0 aromatic heterocycles. The molecule has 4 rings (SSSR count). The Labute approximate surface area is 136 Å². The van der Waals surface area contributed by atoms with Gasteiger partial charge in [0.2, 0.25) is 0 Å². The van der Waals surface area contributed by atoms with Gasteiger partial charge in [-0.15, -0.1) is 0 Å². The van der Waals surface area contributed by atoms with Gasteiger partial charge in [-0.1, -0.05) is 12.5 Å². The maximum atomic E-state index is 12.4. The van der Waals surface area contributed by atoms with Gasteiger partial charge in [0.25, 0.3) is 0 Å². The Kier molecular flexibility index (Phi) is 3.22. The summed E-state index contributed by atoms with van der Waals surface area (Å²) in [6.07, 6.45) is 6.72. The molecule has 1 N–H and O–H groups in total. The van der Waals surface area contributed by atoms with Crippen LogP contribution in [-0.2, 0) is 14.4 Å². The Morgan fingerprint density at radius 2 is 1.96 bits per heavy atom. The zero-order chi connectivity index (χ0) is 16.4. The average Bonchev–Trinajstić information content (AvgIpc) is 2.84. The highest BCUT2D eigenvalue weighted by molar-refractivity contribution is 5.97. The van der Waals surface area contributed by atoms with Crippen molar-refractivity contribution in [3.05, 3.63) is 11.6 Å². The second-order valence-corrected chi connectivity index (χ2v) is 8.28. The number of carbonyl (C=O) groups is 3. The van der Waals surface area contributed by atoms with Crippen LogP contribution < -0.4 is 0 Å². The number of ketones is 2. The Balaban J connectivity index is 1.75. The van der Waals surface area contributed by atoms with Gasteiger partial charge in [-0.2, -0.15) is 0 Å². The number of hydrogen-bond acceptors (Lipinski definition) is 4. The first-order chi connectivity index (χ1) is 10.9. The monoisotopic (exact) mass is 316 g/mol. The number of allylic oxidation sites excluding steroid dienone is 1. The minimum Gasteiger partial charge on any atom is -0.385 e. The predicted octanol–water partition coefficient (Wildman–Crippen LogP) is 2.24. The highest BCUT2D eigenvalue weighted by atomic mass is 16.3. The third-order valence-electron chi connectivity index (χ3n) is 7.54. The largest absolute Gasteiger partial charge is 0.385 e. The molecule has 0 saturated heterocycles. The van der Waals surface area contributed by atoms with Gasteiger partial charge in [0.15, 0.2) is 5.78 Å². The molecule has 0 spiro atoms. The van der Waals surface area contributed by atoms with Gasteiger partial charge in [-0.3, -0.25) is 9.59 Å². The van der Waals surface area contributed by atoms with Crippen molar-refractivity contribution in [1.82, 2.24) is 0 Å². The van der Waals surface area contributed by atoms with Gasteiger partial charge in [0, 0.05) is 11.8 Å². The standard InChI is InChI=1S/C19H24O4/c1-18-7-6-14-12(13(18)4-5-17(18)23)3-2-11-8-15(21)16(22)9-19(11,14)10-20/h8,10,12-14,16,22H,2-7,9H2,1H3/t12-,13-,14-,16-,18-,19+/m0/s1. The molecular weight excluding hydrogens is 292 g/mol. The highest BCUT2D eigenvalue weighted by Crippen LogP contribution is 2.63. The molecule has 23 heavy (non-hydrogen) atoms. The van der Waals surface area contributed by atoms with E-state index in [0.29, 0.717) is 24.0 Å². The molecule has 0 radical (unpaired) electrons. The molecular formula is C19H24O4. The number of aliphatic hydroxyl groups is 1. The van der Waals surface area contributed by atoms with Crippen LogP contribution in [0.1, 0.15) is 51.9 Å². The van der Waals surface area contributed by atoms with Crippen molar-refractivity contribution in [3.63, 3.8) is 0 Å². The van der Waals surface area contributed by atoms with E-state index >= 15 is 0 Å². The summed E-state index contributed by atoms with van der Waals surface area (Å²) in [6, 6.07) is 0. The topological polar surface area (TPSA) is 71.4 Å². The molecule has 4 heteroatoms. The molecule has 0 amide bonds. The van der Waals surface area contributed by atoms with Gasteiger partial charge >= 0.3 is 0 Å². The van der Waals surface area contributed by atoms with E-state index in [-0.39, 0.29) is 23.5 Å². The van der Waals surface area contributed by atoms with E-state index in [1.165, 1.54) is 6.08 Å². The molecule has 4 nitrogen and oxygen atoms in total. The van der Waals surface area contributed by atoms with Crippen molar-refractivity contribution in [2.24, 2.45) is 28.6 Å². The Bertz CT molecular complexity index is 621. The highest BCUT2D eigenvalue weighted by Gasteiger charge is 2.61. The zero-order valence-electron chi connectivity index (χ0n) is 13.6. The van der Waals surface area contributed by atoms with Gasteiger partial charge < -0.3 is 9.90 Å². The fourth-order valence-electron chi connectivity index (χ4n) is 6.28. The summed E-state index contributed by atoms with van der Waals surface area (Å²) in [5.41, 5.74) is 0.0376. The molecule has 6 atom stereocenters. The van der Waals surface area contributed by atoms with Crippen LogP contribution >= 0.6 is 0 Å². The van der Waals surface area contributed by atoms with Crippen LogP contribution in [0.5, 0.6) is 0 Å². The molecule has 0 heterocycles. The Hall–Kier alpha value is -1.29. The van der Waals surface area contributed by atoms with Crippen molar-refractivity contribution in [3.8, 4) is 0 Å². The van der Waals surface area contributed by atoms with Gasteiger partial charge in [0.05, 0.1) is 5.41 Å². The van der Waals surface area contributed by atoms with Crippen LogP contribution in [0.15, 0.2) is 11.6 Å². The lowest BCUT2D eigenvalue weighted by Crippen LogP contribution is -2.54. The Morgan fingerprint density at radius 1 is 1.17 bits per heavy atom. The third kappa shape index (κ3) is 1.84. The maximum absolute atomic E-state index is 12.4. The lowest BCUT2D eigenvalue weighted by atomic mass is 9.47. The van der Waals surface area contributed by atoms with Crippen LogP contribution in [-0.4, -0.2) is 29.1 Å². The van der Waals surface area contributed by atoms with Crippen molar-refractivity contribution in [2.45, 2.75) is 58.0 Å². The molecule has 0 unspecified atom stereocenters. The van der Waals surface area contributed by atoms with Crippen molar-refractivity contribution in [1.29, 1.82) is 0 Å². The SMILES string of the molecule is C[C@]12CC[C@H]3[C@@H](CCC4=CC(=O)[C@@H](O)C[C@@]43C=O)[C@@H]1CCC2=O. The van der Waals surface area contributed by atoms with E-state index in [2.05, 4.69) is 6.92 Å². The van der Waals surface area contributed by atoms with Gasteiger partial charge in [-0.25, -0.2) is 0 Å². The number of rotatable bonds is 1. The molecule has 0 aliphatic heterocycles. The van der Waals surface area contributed by atoms with Crippen LogP contribution in [0, 0.1) is 28.6 Å².